The molecule has 746 valence electrons. The van der Waals surface area contributed by atoms with Crippen LogP contribution in [0.5, 0.6) is 11.5 Å². The summed E-state index contributed by atoms with van der Waals surface area (Å²) in [5.74, 6) is 5.66. The molecule has 31 rings (SSSR count). The van der Waals surface area contributed by atoms with Gasteiger partial charge in [0.15, 0.2) is 75.8 Å². The third kappa shape index (κ3) is 42.9. The quantitative estimate of drug-likeness (QED) is 0.0212. The molecule has 0 radical (unpaired) electrons. The zero-order chi connectivity index (χ0) is 99.8. The Bertz CT molecular complexity index is 5270. The summed E-state index contributed by atoms with van der Waals surface area (Å²) < 4.78 is 275. The Morgan fingerprint density at radius 3 is 1.05 bits per heavy atom. The van der Waals surface area contributed by atoms with Gasteiger partial charge in [0.25, 0.3) is 0 Å². The van der Waals surface area contributed by atoms with Gasteiger partial charge in [0.2, 0.25) is 0 Å². The fraction of sp³-hybridized carbons (Fsp3) is 0.351. The third-order valence-electron chi connectivity index (χ3n) is 22.6. The molecule has 0 amide bonds. The number of aryl methyl sites for hydroxylation is 1. The van der Waals surface area contributed by atoms with Crippen molar-refractivity contribution in [3.05, 3.63) is 323 Å². The Balaban J connectivity index is 0.000000233. The zero-order valence-electron chi connectivity index (χ0n) is 75.1. The van der Waals surface area contributed by atoms with Crippen LogP contribution in [0.15, 0.2) is 262 Å². The summed E-state index contributed by atoms with van der Waals surface area (Å²) in [6, 6.07) is 65.8. The molecule has 1 atom stereocenters. The van der Waals surface area contributed by atoms with E-state index >= 15 is 0 Å². The molecule has 136 heavy (non-hydrogen) atoms. The number of carbonyl (C=O) groups excluding carboxylic acids is 1. The maximum absolute atomic E-state index is 13.1. The van der Waals surface area contributed by atoms with E-state index < -0.39 is 31.2 Å². The van der Waals surface area contributed by atoms with Gasteiger partial charge in [0.1, 0.15) is 24.7 Å². The number of halogens is 24. The fourth-order valence-corrected chi connectivity index (χ4v) is 16.9. The number of aromatic nitrogens is 4. The molecule has 11 nitrogen and oxygen atoms in total. The number of hydrogen-bond acceptors (Lipinski definition) is 7. The summed E-state index contributed by atoms with van der Waals surface area (Å²) in [4.78, 5) is 13.1. The average Bonchev–Trinajstić information content (AvgIpc) is 0.745. The first-order valence-corrected chi connectivity index (χ1v) is 51.9. The number of nitrogens with zero attached hydrogens (tertiary/aromatic N) is 4. The topological polar surface area (TPSA) is 90.8 Å². The second-order valence-electron chi connectivity index (χ2n) is 35.5. The molecule has 5 aliphatic carbocycles. The Kier molecular flexibility index (Phi) is 32.1. The maximum atomic E-state index is 13.1. The summed E-state index contributed by atoms with van der Waals surface area (Å²) in [5, 5.41) is 3.75. The SMILES string of the molecule is CC(C)c1cc(C(C)C)c(CNc2ccc(C3C=CC=C(c4ccc(OCCOCCOCCOc5ccc(CCCOC(=O)C67CC8CC(CC(C8)C6)C7)cc5)cc4)C=C3)cc2)c(C(C)C)c1.F[P-](F)(F)(F)(F)F.F[P-](F)(F)(F)(F)F.F[P-](F)(F)(F)(F)F.F[P-](F)(F)(F)(F)F.c1cc2ccc1C[n+]1ccc(cc1)-c1cc[n+](cc1)Cc1ccc(cc1)C[n+]1ccc(cc1)-c1cc[n+](cc1)C2. The Morgan fingerprint density at radius 2 is 0.721 bits per heavy atom. The second-order valence-corrected chi connectivity index (χ2v) is 43.2. The van der Waals surface area contributed by atoms with Gasteiger partial charge in [-0.15, -0.1) is 0 Å². The molecule has 6 aromatic carbocycles. The minimum Gasteiger partial charge on any atom is -0.201 e. The van der Waals surface area contributed by atoms with Crippen LogP contribution in [-0.4, -0.2) is 52.2 Å². The van der Waals surface area contributed by atoms with Crippen molar-refractivity contribution in [2.45, 2.75) is 149 Å². The minimum absolute atomic E-state index is 0.0843. The maximum Gasteiger partial charge on any atom is 0.173 e. The van der Waals surface area contributed by atoms with Crippen molar-refractivity contribution in [1.29, 1.82) is 0 Å². The van der Waals surface area contributed by atoms with Gasteiger partial charge in [-0.3, -0.25) is 4.79 Å². The number of hydrogen-bond donors (Lipinski definition) is 1. The molecule has 4 saturated carbocycles. The van der Waals surface area contributed by atoms with Crippen molar-refractivity contribution in [1.82, 2.24) is 0 Å². The molecule has 16 bridgehead atoms. The molecule has 39 heteroatoms. The molecule has 0 spiro atoms. The van der Waals surface area contributed by atoms with Gasteiger partial charge in [-0.05, 0) is 190 Å². The first-order chi connectivity index (χ1) is 62.5. The molecule has 4 fully saturated rings. The fourth-order valence-electron chi connectivity index (χ4n) is 16.9. The largest absolute Gasteiger partial charge is 0.201 e. The van der Waals surface area contributed by atoms with Gasteiger partial charge in [-0.1, -0.05) is 169 Å². The number of ether oxygens (including phenoxy) is 5. The van der Waals surface area contributed by atoms with E-state index in [0.717, 1.165) is 105 Å². The first-order valence-electron chi connectivity index (χ1n) is 43.8. The van der Waals surface area contributed by atoms with Crippen LogP contribution in [0.25, 0.3) is 27.8 Å². The Hall–Kier alpha value is -10.0. The summed E-state index contributed by atoms with van der Waals surface area (Å²) >= 11 is 0. The molecular formula is C97H109F24N5O6P4. The number of nitrogens with one attached hydrogen (secondary N) is 1. The van der Waals surface area contributed by atoms with Crippen molar-refractivity contribution in [3.63, 3.8) is 0 Å². The van der Waals surface area contributed by atoms with Crippen LogP contribution < -0.4 is 33.1 Å². The average molecular weight is 2020 g/mol. The van der Waals surface area contributed by atoms with E-state index in [9.17, 15) is 106 Å². The van der Waals surface area contributed by atoms with Crippen molar-refractivity contribution >= 4 is 48.5 Å². The van der Waals surface area contributed by atoms with Crippen molar-refractivity contribution < 1.29 is 147 Å². The smallest absolute Gasteiger partial charge is 0.173 e. The van der Waals surface area contributed by atoms with Crippen LogP contribution in [0.2, 0.25) is 0 Å². The Morgan fingerprint density at radius 1 is 0.390 bits per heavy atom. The molecule has 1 unspecified atom stereocenters. The number of allylic oxidation sites excluding steroid dienone is 6. The van der Waals surface area contributed by atoms with E-state index in [-0.39, 0.29) is 17.3 Å². The van der Waals surface area contributed by atoms with E-state index in [1.54, 1.807) is 0 Å². The van der Waals surface area contributed by atoms with E-state index in [1.807, 2.05) is 24.3 Å². The molecule has 16 aliphatic heterocycles. The van der Waals surface area contributed by atoms with Gasteiger partial charge < -0.3 is 29.0 Å². The predicted molar refractivity (Wildman–Crippen MR) is 485 cm³/mol. The van der Waals surface area contributed by atoms with E-state index in [4.69, 9.17) is 23.7 Å². The van der Waals surface area contributed by atoms with Gasteiger partial charge in [-0.2, -0.15) is 0 Å². The number of pyridine rings is 4. The van der Waals surface area contributed by atoms with Crippen LogP contribution >= 0.6 is 31.2 Å². The van der Waals surface area contributed by atoms with Gasteiger partial charge >= 0.3 is 138 Å². The van der Waals surface area contributed by atoms with Crippen LogP contribution in [-0.2, 0) is 58.1 Å². The van der Waals surface area contributed by atoms with Crippen LogP contribution in [0.4, 0.5) is 106 Å². The van der Waals surface area contributed by atoms with Crippen molar-refractivity contribution in [2.75, 3.05) is 51.6 Å². The zero-order valence-corrected chi connectivity index (χ0v) is 78.7. The minimum atomic E-state index is -10.7. The van der Waals surface area contributed by atoms with E-state index in [1.165, 1.54) is 103 Å². The molecule has 0 saturated heterocycles. The summed E-state index contributed by atoms with van der Waals surface area (Å²) in [5.41, 5.74) is 21.7. The van der Waals surface area contributed by atoms with Crippen LogP contribution in [0.3, 0.4) is 0 Å². The summed E-state index contributed by atoms with van der Waals surface area (Å²) in [7, 11) is -42.6. The molecular weight excluding hydrogens is 1910 g/mol. The number of esters is 1. The van der Waals surface area contributed by atoms with Crippen LogP contribution in [0, 0.1) is 23.2 Å². The van der Waals surface area contributed by atoms with Crippen molar-refractivity contribution in [3.8, 4) is 33.8 Å². The number of benzene rings is 6. The van der Waals surface area contributed by atoms with E-state index in [2.05, 4.69) is 303 Å². The molecule has 21 aliphatic rings. The number of carbonyl (C=O) groups is 1. The van der Waals surface area contributed by atoms with Gasteiger partial charge in [0, 0.05) is 88.9 Å². The molecule has 4 aromatic heterocycles. The number of anilines is 1. The molecule has 10 aromatic rings. The predicted octanol–water partition coefficient (Wildman–Crippen LogP) is 32.4. The normalized spacial score (nSPS) is 19.3. The Labute approximate surface area is 773 Å². The first kappa shape index (κ1) is 108. The monoisotopic (exact) mass is 2020 g/mol. The molecule has 1 N–H and O–H groups in total. The number of rotatable bonds is 24. The summed E-state index contributed by atoms with van der Waals surface area (Å²) in [6.45, 7) is 21.5. The standard InChI is InChI=1S/C61H77NO6.C36H32N4.4F6P/c1-42(2)53-36-57(43(3)4)59(58(37-53)44(5)6)41-62-54-20-16-51(17-21-54)49-10-7-11-50(15-14-49)52-18-24-56(25-19-52)67-32-30-65-28-27-64-29-31-66-55-22-12-45(13-23-55)9-8-26-68-60(63)61-38-46-33-47(39-61)35-48(34-46)40-61;1-2-30-4-3-29(1)25-37-17-9-33(10-18-37)35-13-21-39(22-14-35)27-31-5-7-32(8-6-31)28-40-23-15-36(16-24-40)34-11-19-38(26-30)20-12-34;4*1-7(2,3,4,5)6/h7,10-25,36-37,42-44,46-49,62H,8-9,26-35,38-41H2,1-6H3;1-24H,25-28H2;;;;/q;+4;4*-1. The summed E-state index contributed by atoms with van der Waals surface area (Å²) in [6.07, 6.45) is 37.4. The second kappa shape index (κ2) is 40.4. The van der Waals surface area contributed by atoms with Crippen LogP contribution in [0.1, 0.15) is 171 Å². The van der Waals surface area contributed by atoms with Gasteiger partial charge in [-0.25, -0.2) is 18.3 Å². The van der Waals surface area contributed by atoms with Gasteiger partial charge in [0.05, 0.1) is 38.4 Å². The van der Waals surface area contributed by atoms with Crippen molar-refractivity contribution in [2.24, 2.45) is 23.2 Å². The molecule has 20 heterocycles. The van der Waals surface area contributed by atoms with E-state index in [0.29, 0.717) is 64.0 Å². The third-order valence-corrected chi connectivity index (χ3v) is 22.6.